The van der Waals surface area contributed by atoms with Crippen LogP contribution in [0.3, 0.4) is 0 Å². The van der Waals surface area contributed by atoms with Crippen molar-refractivity contribution in [2.24, 2.45) is 0 Å². The van der Waals surface area contributed by atoms with Crippen LogP contribution in [-0.4, -0.2) is 62.2 Å². The summed E-state index contributed by atoms with van der Waals surface area (Å²) in [5.74, 6) is -1.01. The Balaban J connectivity index is 3.70. The van der Waals surface area contributed by atoms with Gasteiger partial charge in [-0.25, -0.2) is 0 Å². The molecule has 1 aromatic rings. The predicted octanol–water partition coefficient (Wildman–Crippen LogP) is -0.413. The molecule has 2 atom stereocenters. The molecule has 0 fully saturated rings. The second-order valence-electron chi connectivity index (χ2n) is 4.45. The van der Waals surface area contributed by atoms with Crippen molar-refractivity contribution >= 4 is 20.2 Å². The van der Waals surface area contributed by atoms with E-state index >= 15 is 0 Å². The quantitative estimate of drug-likeness (QED) is 0.462. The Kier molecular flexibility index (Phi) is 5.82. The molecule has 0 bridgehead atoms. The molecule has 1 rings (SSSR count). The van der Waals surface area contributed by atoms with E-state index in [0.29, 0.717) is 0 Å². The van der Waals surface area contributed by atoms with Gasteiger partial charge < -0.3 is 19.7 Å². The maximum Gasteiger partial charge on any atom is 0.273 e. The first-order valence-electron chi connectivity index (χ1n) is 5.95. The fourth-order valence-electron chi connectivity index (χ4n) is 2.00. The maximum absolute atomic E-state index is 11.6. The molecule has 0 aliphatic heterocycles. The molecule has 0 saturated heterocycles. The number of hydrogen-bond donors (Lipinski definition) is 4. The van der Waals surface area contributed by atoms with Gasteiger partial charge in [0.25, 0.3) is 20.2 Å². The van der Waals surface area contributed by atoms with Crippen LogP contribution in [0.15, 0.2) is 12.1 Å². The van der Waals surface area contributed by atoms with Crippen molar-refractivity contribution in [1.29, 1.82) is 0 Å². The summed E-state index contributed by atoms with van der Waals surface area (Å²) in [6, 6.07) is 1.87. The molecule has 0 unspecified atom stereocenters. The first-order valence-corrected chi connectivity index (χ1v) is 8.96. The Labute approximate surface area is 132 Å². The predicted molar refractivity (Wildman–Crippen MR) is 77.9 cm³/mol. The Hall–Kier alpha value is -1.60. The molecule has 0 aliphatic carbocycles. The van der Waals surface area contributed by atoms with E-state index < -0.39 is 43.1 Å². The molecule has 0 spiro atoms. The minimum Gasteiger partial charge on any atom is -0.502 e. The standard InChI is InChI=1S/C11H16O10S2/c1-20-7-3-6(4-8(21-2)10(7)13)11(23(17,18)19)9(5-12)22(14,15)16/h3-4,9,11-13H,5H2,1-2H3,(H,14,15,16)(H,17,18,19)/t9-,11+/m1/s1. The molecule has 23 heavy (non-hydrogen) atoms. The van der Waals surface area contributed by atoms with Crippen molar-refractivity contribution in [1.82, 2.24) is 0 Å². The zero-order chi connectivity index (χ0) is 18.0. The summed E-state index contributed by atoms with van der Waals surface area (Å²) in [5, 5.41) is 14.4. The number of methoxy groups -OCH3 is 2. The zero-order valence-corrected chi connectivity index (χ0v) is 13.7. The highest BCUT2D eigenvalue weighted by Crippen LogP contribution is 2.41. The van der Waals surface area contributed by atoms with Crippen molar-refractivity contribution in [2.45, 2.75) is 10.5 Å². The summed E-state index contributed by atoms with van der Waals surface area (Å²) < 4.78 is 73.8. The first-order chi connectivity index (χ1) is 10.5. The molecule has 0 heterocycles. The Bertz CT molecular complexity index is 743. The van der Waals surface area contributed by atoms with Crippen molar-refractivity contribution in [3.63, 3.8) is 0 Å². The van der Waals surface area contributed by atoms with Crippen LogP contribution in [0.1, 0.15) is 10.8 Å². The third kappa shape index (κ3) is 4.23. The fraction of sp³-hybridized carbons (Fsp3) is 0.455. The van der Waals surface area contributed by atoms with E-state index in [2.05, 4.69) is 0 Å². The van der Waals surface area contributed by atoms with Gasteiger partial charge >= 0.3 is 0 Å². The average Bonchev–Trinajstić information content (AvgIpc) is 2.42. The largest absolute Gasteiger partial charge is 0.502 e. The lowest BCUT2D eigenvalue weighted by atomic mass is 10.1. The molecule has 0 saturated carbocycles. The second-order valence-corrected chi connectivity index (χ2v) is 7.62. The van der Waals surface area contributed by atoms with Crippen LogP contribution in [0.4, 0.5) is 0 Å². The molecule has 0 aliphatic rings. The van der Waals surface area contributed by atoms with Gasteiger partial charge in [0, 0.05) is 0 Å². The van der Waals surface area contributed by atoms with E-state index in [-0.39, 0.29) is 17.1 Å². The van der Waals surface area contributed by atoms with E-state index in [0.717, 1.165) is 26.4 Å². The number of aliphatic hydroxyl groups excluding tert-OH is 1. The number of rotatable bonds is 7. The average molecular weight is 372 g/mol. The number of benzene rings is 1. The van der Waals surface area contributed by atoms with Gasteiger partial charge in [-0.1, -0.05) is 0 Å². The molecule has 10 nitrogen and oxygen atoms in total. The summed E-state index contributed by atoms with van der Waals surface area (Å²) >= 11 is 0. The van der Waals surface area contributed by atoms with Crippen LogP contribution >= 0.6 is 0 Å². The van der Waals surface area contributed by atoms with Crippen molar-refractivity contribution in [3.05, 3.63) is 17.7 Å². The van der Waals surface area contributed by atoms with E-state index in [9.17, 15) is 26.5 Å². The number of aliphatic hydroxyl groups is 1. The van der Waals surface area contributed by atoms with Gasteiger partial charge in [0.05, 0.1) is 20.8 Å². The van der Waals surface area contributed by atoms with E-state index in [4.69, 9.17) is 19.1 Å². The molecular formula is C11H16O10S2. The highest BCUT2D eigenvalue weighted by atomic mass is 32.2. The molecule has 0 amide bonds. The molecule has 12 heteroatoms. The third-order valence-electron chi connectivity index (χ3n) is 3.05. The summed E-state index contributed by atoms with van der Waals surface area (Å²) in [6.07, 6.45) is 0. The highest BCUT2D eigenvalue weighted by molar-refractivity contribution is 7.90. The van der Waals surface area contributed by atoms with Crippen molar-refractivity contribution in [3.8, 4) is 17.2 Å². The topological polar surface area (TPSA) is 168 Å². The summed E-state index contributed by atoms with van der Waals surface area (Å²) in [6.45, 7) is -1.28. The molecular weight excluding hydrogens is 356 g/mol. The van der Waals surface area contributed by atoms with E-state index in [1.807, 2.05) is 0 Å². The SMILES string of the molecule is COc1cc([C@@H]([C@@H](CO)S(=O)(=O)O)S(=O)(=O)O)cc(OC)c1O. The lowest BCUT2D eigenvalue weighted by molar-refractivity contribution is 0.276. The van der Waals surface area contributed by atoms with Gasteiger partial charge in [0.1, 0.15) is 10.5 Å². The summed E-state index contributed by atoms with van der Waals surface area (Å²) in [5.41, 5.74) is -0.379. The van der Waals surface area contributed by atoms with Crippen LogP contribution in [0.25, 0.3) is 0 Å². The van der Waals surface area contributed by atoms with Crippen molar-refractivity contribution < 1.29 is 45.6 Å². The number of hydrogen-bond acceptors (Lipinski definition) is 8. The number of aromatic hydroxyl groups is 1. The highest BCUT2D eigenvalue weighted by Gasteiger charge is 2.42. The fourth-order valence-corrected chi connectivity index (χ4v) is 4.45. The number of ether oxygens (including phenoxy) is 2. The van der Waals surface area contributed by atoms with Crippen LogP contribution in [-0.2, 0) is 20.2 Å². The van der Waals surface area contributed by atoms with Crippen LogP contribution in [0.2, 0.25) is 0 Å². The molecule has 1 aromatic carbocycles. The monoisotopic (exact) mass is 372 g/mol. The Morgan fingerprint density at radius 1 is 1.00 bits per heavy atom. The first kappa shape index (κ1) is 19.4. The smallest absolute Gasteiger partial charge is 0.273 e. The molecule has 0 aromatic heterocycles. The summed E-state index contributed by atoms with van der Waals surface area (Å²) in [7, 11) is -7.80. The lowest BCUT2D eigenvalue weighted by Crippen LogP contribution is -2.35. The Morgan fingerprint density at radius 2 is 1.43 bits per heavy atom. The zero-order valence-electron chi connectivity index (χ0n) is 12.1. The number of phenols is 1. The van der Waals surface area contributed by atoms with Gasteiger partial charge in [0.15, 0.2) is 11.5 Å². The van der Waals surface area contributed by atoms with Crippen LogP contribution in [0.5, 0.6) is 17.2 Å². The van der Waals surface area contributed by atoms with E-state index in [1.54, 1.807) is 0 Å². The molecule has 132 valence electrons. The van der Waals surface area contributed by atoms with Gasteiger partial charge in [0.2, 0.25) is 5.75 Å². The second kappa shape index (κ2) is 6.88. The normalized spacial score (nSPS) is 15.0. The summed E-state index contributed by atoms with van der Waals surface area (Å²) in [4.78, 5) is 0. The van der Waals surface area contributed by atoms with Crippen LogP contribution < -0.4 is 9.47 Å². The van der Waals surface area contributed by atoms with Gasteiger partial charge in [-0.15, -0.1) is 0 Å². The minimum absolute atomic E-state index is 0.264. The van der Waals surface area contributed by atoms with Crippen LogP contribution in [0, 0.1) is 0 Å². The van der Waals surface area contributed by atoms with Gasteiger partial charge in [-0.2, -0.15) is 16.8 Å². The minimum atomic E-state index is -5.07. The third-order valence-corrected chi connectivity index (χ3v) is 5.65. The molecule has 4 N–H and O–H groups in total. The van der Waals surface area contributed by atoms with Gasteiger partial charge in [-0.3, -0.25) is 9.11 Å². The lowest BCUT2D eigenvalue weighted by Gasteiger charge is -2.22. The van der Waals surface area contributed by atoms with Crippen molar-refractivity contribution in [2.75, 3.05) is 20.8 Å². The van der Waals surface area contributed by atoms with Gasteiger partial charge in [-0.05, 0) is 17.7 Å². The number of phenolic OH excluding ortho intramolecular Hbond substituents is 1. The van der Waals surface area contributed by atoms with E-state index in [1.165, 1.54) is 0 Å². The Morgan fingerprint density at radius 3 is 1.70 bits per heavy atom. The maximum atomic E-state index is 11.6. The molecule has 0 radical (unpaired) electrons.